The number of esters is 1. The van der Waals surface area contributed by atoms with Crippen molar-refractivity contribution in [3.05, 3.63) is 29.8 Å². The van der Waals surface area contributed by atoms with E-state index in [1.807, 2.05) is 24.3 Å². The molecule has 82 valence electrons. The standard InChI is InChI=1S/C12H16O3/c1-3-6-10-7-4-5-8-11(10)15-9-12(13)14-2/h4-5,7-8H,3,6,9H2,1-2H3. The van der Waals surface area contributed by atoms with Gasteiger partial charge in [0.25, 0.3) is 0 Å². The quantitative estimate of drug-likeness (QED) is 0.696. The van der Waals surface area contributed by atoms with E-state index in [2.05, 4.69) is 11.7 Å². The number of aryl methyl sites for hydroxylation is 1. The van der Waals surface area contributed by atoms with Crippen molar-refractivity contribution in [2.75, 3.05) is 13.7 Å². The lowest BCUT2D eigenvalue weighted by molar-refractivity contribution is -0.142. The van der Waals surface area contributed by atoms with E-state index in [1.165, 1.54) is 7.11 Å². The molecule has 0 aromatic heterocycles. The van der Waals surface area contributed by atoms with E-state index >= 15 is 0 Å². The SMILES string of the molecule is CCCc1ccccc1OCC(=O)OC. The Kier molecular flexibility index (Phi) is 4.68. The number of carbonyl (C=O) groups is 1. The van der Waals surface area contributed by atoms with Crippen molar-refractivity contribution in [2.24, 2.45) is 0 Å². The van der Waals surface area contributed by atoms with Crippen LogP contribution in [-0.4, -0.2) is 19.7 Å². The van der Waals surface area contributed by atoms with Gasteiger partial charge in [-0.05, 0) is 18.1 Å². The molecule has 1 aromatic carbocycles. The average molecular weight is 208 g/mol. The van der Waals surface area contributed by atoms with Gasteiger partial charge in [0.15, 0.2) is 6.61 Å². The van der Waals surface area contributed by atoms with Crippen LogP contribution in [0.5, 0.6) is 5.75 Å². The first-order chi connectivity index (χ1) is 7.27. The zero-order chi connectivity index (χ0) is 11.1. The van der Waals surface area contributed by atoms with E-state index in [4.69, 9.17) is 4.74 Å². The minimum Gasteiger partial charge on any atom is -0.482 e. The molecule has 3 nitrogen and oxygen atoms in total. The lowest BCUT2D eigenvalue weighted by atomic mass is 10.1. The number of methoxy groups -OCH3 is 1. The van der Waals surface area contributed by atoms with E-state index < -0.39 is 0 Å². The van der Waals surface area contributed by atoms with Crippen LogP contribution < -0.4 is 4.74 Å². The molecule has 0 N–H and O–H groups in total. The molecule has 1 aromatic rings. The average Bonchev–Trinajstić information content (AvgIpc) is 2.28. The molecule has 0 saturated heterocycles. The zero-order valence-electron chi connectivity index (χ0n) is 9.16. The third kappa shape index (κ3) is 3.62. The molecule has 0 amide bonds. The lowest BCUT2D eigenvalue weighted by Gasteiger charge is -2.09. The van der Waals surface area contributed by atoms with Gasteiger partial charge in [0, 0.05) is 0 Å². The number of ether oxygens (including phenoxy) is 2. The van der Waals surface area contributed by atoms with Gasteiger partial charge in [0.2, 0.25) is 0 Å². The molecule has 15 heavy (non-hydrogen) atoms. The van der Waals surface area contributed by atoms with Gasteiger partial charge in [-0.25, -0.2) is 4.79 Å². The van der Waals surface area contributed by atoms with Gasteiger partial charge in [-0.15, -0.1) is 0 Å². The number of carbonyl (C=O) groups excluding carboxylic acids is 1. The Morgan fingerprint density at radius 3 is 2.73 bits per heavy atom. The Balaban J connectivity index is 2.62. The van der Waals surface area contributed by atoms with Crippen molar-refractivity contribution in [1.82, 2.24) is 0 Å². The largest absolute Gasteiger partial charge is 0.482 e. The number of benzene rings is 1. The van der Waals surface area contributed by atoms with Gasteiger partial charge in [0.05, 0.1) is 7.11 Å². The smallest absolute Gasteiger partial charge is 0.343 e. The van der Waals surface area contributed by atoms with Crippen LogP contribution in [0.1, 0.15) is 18.9 Å². The van der Waals surface area contributed by atoms with Gasteiger partial charge < -0.3 is 9.47 Å². The fourth-order valence-corrected chi connectivity index (χ4v) is 1.32. The van der Waals surface area contributed by atoms with Gasteiger partial charge in [-0.3, -0.25) is 0 Å². The van der Waals surface area contributed by atoms with Crippen molar-refractivity contribution in [3.63, 3.8) is 0 Å². The maximum absolute atomic E-state index is 10.9. The molecule has 0 saturated carbocycles. The molecule has 0 aliphatic heterocycles. The third-order valence-electron chi connectivity index (χ3n) is 2.07. The number of hydrogen-bond acceptors (Lipinski definition) is 3. The van der Waals surface area contributed by atoms with Crippen LogP contribution >= 0.6 is 0 Å². The second kappa shape index (κ2) is 6.06. The first kappa shape index (κ1) is 11.6. The lowest BCUT2D eigenvalue weighted by Crippen LogP contribution is -2.13. The molecule has 0 aliphatic rings. The maximum atomic E-state index is 10.9. The highest BCUT2D eigenvalue weighted by molar-refractivity contribution is 5.70. The van der Waals surface area contributed by atoms with Crippen LogP contribution in [0.25, 0.3) is 0 Å². The summed E-state index contributed by atoms with van der Waals surface area (Å²) in [4.78, 5) is 10.9. The molecule has 0 unspecified atom stereocenters. The first-order valence-corrected chi connectivity index (χ1v) is 5.05. The molecule has 0 radical (unpaired) electrons. The fraction of sp³-hybridized carbons (Fsp3) is 0.417. The first-order valence-electron chi connectivity index (χ1n) is 5.05. The summed E-state index contributed by atoms with van der Waals surface area (Å²) >= 11 is 0. The summed E-state index contributed by atoms with van der Waals surface area (Å²) in [6.07, 6.45) is 2.01. The molecule has 1 rings (SSSR count). The number of rotatable bonds is 5. The highest BCUT2D eigenvalue weighted by Crippen LogP contribution is 2.19. The van der Waals surface area contributed by atoms with Crippen molar-refractivity contribution < 1.29 is 14.3 Å². The summed E-state index contributed by atoms with van der Waals surface area (Å²) in [6.45, 7) is 2.08. The fourth-order valence-electron chi connectivity index (χ4n) is 1.32. The third-order valence-corrected chi connectivity index (χ3v) is 2.07. The topological polar surface area (TPSA) is 35.5 Å². The summed E-state index contributed by atoms with van der Waals surface area (Å²) in [7, 11) is 1.35. The second-order valence-corrected chi connectivity index (χ2v) is 3.22. The number of para-hydroxylation sites is 1. The van der Waals surface area contributed by atoms with Crippen LogP contribution in [0.2, 0.25) is 0 Å². The minimum absolute atomic E-state index is 0.0305. The highest BCUT2D eigenvalue weighted by atomic mass is 16.6. The predicted octanol–water partition coefficient (Wildman–Crippen LogP) is 2.19. The second-order valence-electron chi connectivity index (χ2n) is 3.22. The minimum atomic E-state index is -0.360. The Hall–Kier alpha value is -1.51. The van der Waals surface area contributed by atoms with Gasteiger partial charge in [0.1, 0.15) is 5.75 Å². The molecule has 0 heterocycles. The summed E-state index contributed by atoms with van der Waals surface area (Å²) in [5.74, 6) is 0.408. The molecule has 0 atom stereocenters. The van der Waals surface area contributed by atoms with E-state index in [0.29, 0.717) is 0 Å². The monoisotopic (exact) mass is 208 g/mol. The Bertz CT molecular complexity index is 320. The summed E-state index contributed by atoms with van der Waals surface area (Å²) in [6, 6.07) is 7.74. The molecule has 3 heteroatoms. The molecule has 0 fully saturated rings. The van der Waals surface area contributed by atoms with E-state index in [9.17, 15) is 4.79 Å². The normalized spacial score (nSPS) is 9.73. The molecule has 0 aliphatic carbocycles. The summed E-state index contributed by atoms with van der Waals surface area (Å²) in [5, 5.41) is 0. The van der Waals surface area contributed by atoms with Crippen molar-refractivity contribution >= 4 is 5.97 Å². The van der Waals surface area contributed by atoms with Crippen LogP contribution in [0, 0.1) is 0 Å². The zero-order valence-corrected chi connectivity index (χ0v) is 9.16. The molecular weight excluding hydrogens is 192 g/mol. The number of hydrogen-bond donors (Lipinski definition) is 0. The van der Waals surface area contributed by atoms with Crippen molar-refractivity contribution in [1.29, 1.82) is 0 Å². The van der Waals surface area contributed by atoms with Crippen LogP contribution in [-0.2, 0) is 16.0 Å². The van der Waals surface area contributed by atoms with Crippen LogP contribution in [0.15, 0.2) is 24.3 Å². The Morgan fingerprint density at radius 1 is 1.33 bits per heavy atom. The molecular formula is C12H16O3. The van der Waals surface area contributed by atoms with E-state index in [0.717, 1.165) is 24.2 Å². The maximum Gasteiger partial charge on any atom is 0.343 e. The summed E-state index contributed by atoms with van der Waals surface area (Å²) in [5.41, 5.74) is 1.13. The van der Waals surface area contributed by atoms with Gasteiger partial charge in [-0.2, -0.15) is 0 Å². The van der Waals surface area contributed by atoms with Crippen LogP contribution in [0.4, 0.5) is 0 Å². The molecule has 0 bridgehead atoms. The van der Waals surface area contributed by atoms with Crippen LogP contribution in [0.3, 0.4) is 0 Å². The highest BCUT2D eigenvalue weighted by Gasteiger charge is 2.05. The molecule has 0 spiro atoms. The Morgan fingerprint density at radius 2 is 2.07 bits per heavy atom. The van der Waals surface area contributed by atoms with E-state index in [-0.39, 0.29) is 12.6 Å². The van der Waals surface area contributed by atoms with Crippen molar-refractivity contribution in [3.8, 4) is 5.75 Å². The van der Waals surface area contributed by atoms with Crippen molar-refractivity contribution in [2.45, 2.75) is 19.8 Å². The van der Waals surface area contributed by atoms with Gasteiger partial charge >= 0.3 is 5.97 Å². The Labute approximate surface area is 90.0 Å². The summed E-state index contributed by atoms with van der Waals surface area (Å²) < 4.78 is 9.88. The predicted molar refractivity (Wildman–Crippen MR) is 57.9 cm³/mol. The van der Waals surface area contributed by atoms with Gasteiger partial charge in [-0.1, -0.05) is 31.5 Å². The van der Waals surface area contributed by atoms with E-state index in [1.54, 1.807) is 0 Å².